The number of ether oxygens (including phenoxy) is 1. The summed E-state index contributed by atoms with van der Waals surface area (Å²) in [4.78, 5) is 16.2. The van der Waals surface area contributed by atoms with Gasteiger partial charge in [-0.1, -0.05) is 59.0 Å². The molecule has 5 nitrogen and oxygen atoms in total. The highest BCUT2D eigenvalue weighted by atomic mass is 16.5. The minimum absolute atomic E-state index is 0.297. The molecule has 0 aliphatic carbocycles. The lowest BCUT2D eigenvalue weighted by atomic mass is 10.1. The number of carbonyl (C=O) groups is 1. The molecule has 1 aliphatic heterocycles. The molecule has 146 valence electrons. The van der Waals surface area contributed by atoms with Crippen molar-refractivity contribution in [3.8, 4) is 0 Å². The van der Waals surface area contributed by atoms with E-state index in [-0.39, 0.29) is 5.97 Å². The highest BCUT2D eigenvalue weighted by Gasteiger charge is 2.25. The van der Waals surface area contributed by atoms with Crippen molar-refractivity contribution in [3.63, 3.8) is 0 Å². The van der Waals surface area contributed by atoms with E-state index < -0.39 is 0 Å². The predicted octanol–water partition coefficient (Wildman–Crippen LogP) is 3.71. The number of hydrogen-bond acceptors (Lipinski definition) is 5. The SMILES string of the molecule is C=CC(=O)OCCC1NCN(CCCCCC)CN1CCCCCC. The summed E-state index contributed by atoms with van der Waals surface area (Å²) in [6.45, 7) is 12.6. The molecule has 0 aromatic carbocycles. The van der Waals surface area contributed by atoms with Gasteiger partial charge < -0.3 is 4.74 Å². The normalized spacial score (nSPS) is 19.0. The smallest absolute Gasteiger partial charge is 0.330 e. The van der Waals surface area contributed by atoms with Crippen LogP contribution in [0, 0.1) is 0 Å². The fourth-order valence-electron chi connectivity index (χ4n) is 3.26. The van der Waals surface area contributed by atoms with Crippen molar-refractivity contribution < 1.29 is 9.53 Å². The topological polar surface area (TPSA) is 44.8 Å². The average Bonchev–Trinajstić information content (AvgIpc) is 2.63. The highest BCUT2D eigenvalue weighted by molar-refractivity contribution is 5.81. The van der Waals surface area contributed by atoms with E-state index in [0.29, 0.717) is 12.8 Å². The number of hydrogen-bond donors (Lipinski definition) is 1. The monoisotopic (exact) mass is 353 g/mol. The molecule has 0 spiro atoms. The van der Waals surface area contributed by atoms with Crippen molar-refractivity contribution in [2.75, 3.05) is 33.0 Å². The Labute approximate surface area is 154 Å². The van der Waals surface area contributed by atoms with Crippen LogP contribution in [0.4, 0.5) is 0 Å². The summed E-state index contributed by atoms with van der Waals surface area (Å²) in [7, 11) is 0. The van der Waals surface area contributed by atoms with E-state index in [0.717, 1.165) is 32.8 Å². The van der Waals surface area contributed by atoms with Crippen LogP contribution in [0.3, 0.4) is 0 Å². The number of unbranched alkanes of at least 4 members (excludes halogenated alkanes) is 6. The van der Waals surface area contributed by atoms with Gasteiger partial charge in [-0.2, -0.15) is 0 Å². The van der Waals surface area contributed by atoms with Crippen molar-refractivity contribution in [1.29, 1.82) is 0 Å². The van der Waals surface area contributed by atoms with Crippen LogP contribution >= 0.6 is 0 Å². The van der Waals surface area contributed by atoms with Crippen molar-refractivity contribution in [2.24, 2.45) is 0 Å². The van der Waals surface area contributed by atoms with Gasteiger partial charge in [0.15, 0.2) is 0 Å². The lowest BCUT2D eigenvalue weighted by molar-refractivity contribution is -0.138. The van der Waals surface area contributed by atoms with Crippen LogP contribution < -0.4 is 5.32 Å². The Kier molecular flexibility index (Phi) is 12.6. The summed E-state index contributed by atoms with van der Waals surface area (Å²) in [5.41, 5.74) is 0. The minimum atomic E-state index is -0.331. The van der Waals surface area contributed by atoms with Crippen LogP contribution in [-0.4, -0.2) is 55.0 Å². The molecule has 1 fully saturated rings. The molecule has 0 saturated carbocycles. The number of nitrogens with one attached hydrogen (secondary N) is 1. The van der Waals surface area contributed by atoms with Crippen LogP contribution in [0.2, 0.25) is 0 Å². The van der Waals surface area contributed by atoms with Crippen molar-refractivity contribution >= 4 is 5.97 Å². The fourth-order valence-corrected chi connectivity index (χ4v) is 3.26. The van der Waals surface area contributed by atoms with Crippen LogP contribution in [0.1, 0.15) is 71.6 Å². The molecule has 1 unspecified atom stereocenters. The first-order valence-electron chi connectivity index (χ1n) is 10.2. The van der Waals surface area contributed by atoms with Crippen LogP contribution in [0.5, 0.6) is 0 Å². The van der Waals surface area contributed by atoms with Gasteiger partial charge in [-0.3, -0.25) is 15.1 Å². The molecule has 0 aromatic heterocycles. The quantitative estimate of drug-likeness (QED) is 0.293. The molecule has 0 radical (unpaired) electrons. The molecule has 1 rings (SSSR count). The standard InChI is InChI=1S/C20H39N3O2/c1-4-7-9-11-14-22-17-21-19(13-16-25-20(24)6-3)23(18-22)15-12-10-8-5-2/h6,19,21H,3-5,7-18H2,1-2H3. The van der Waals surface area contributed by atoms with Crippen LogP contribution in [0.15, 0.2) is 12.7 Å². The maximum Gasteiger partial charge on any atom is 0.330 e. The summed E-state index contributed by atoms with van der Waals surface area (Å²) in [6.07, 6.45) is 12.7. The van der Waals surface area contributed by atoms with Gasteiger partial charge in [-0.25, -0.2) is 4.79 Å². The summed E-state index contributed by atoms with van der Waals surface area (Å²) in [6, 6.07) is 0. The zero-order chi connectivity index (χ0) is 18.3. The zero-order valence-corrected chi connectivity index (χ0v) is 16.5. The van der Waals surface area contributed by atoms with Gasteiger partial charge in [0, 0.05) is 25.6 Å². The summed E-state index contributed by atoms with van der Waals surface area (Å²) in [5.74, 6) is -0.331. The fraction of sp³-hybridized carbons (Fsp3) is 0.850. The van der Waals surface area contributed by atoms with E-state index in [1.807, 2.05) is 0 Å². The molecule has 0 amide bonds. The van der Waals surface area contributed by atoms with Crippen molar-refractivity contribution in [1.82, 2.24) is 15.1 Å². The van der Waals surface area contributed by atoms with Gasteiger partial charge in [0.25, 0.3) is 0 Å². The Hall–Kier alpha value is -0.910. The Bertz CT molecular complexity index is 363. The molecule has 1 aliphatic rings. The van der Waals surface area contributed by atoms with E-state index >= 15 is 0 Å². The highest BCUT2D eigenvalue weighted by Crippen LogP contribution is 2.13. The summed E-state index contributed by atoms with van der Waals surface area (Å²) >= 11 is 0. The third-order valence-corrected chi connectivity index (χ3v) is 4.80. The number of rotatable bonds is 14. The predicted molar refractivity (Wildman–Crippen MR) is 104 cm³/mol. The van der Waals surface area contributed by atoms with Crippen molar-refractivity contribution in [3.05, 3.63) is 12.7 Å². The molecule has 25 heavy (non-hydrogen) atoms. The Morgan fingerprint density at radius 2 is 1.80 bits per heavy atom. The van der Waals surface area contributed by atoms with Gasteiger partial charge in [0.2, 0.25) is 0 Å². The Balaban J connectivity index is 2.39. The van der Waals surface area contributed by atoms with E-state index in [9.17, 15) is 4.79 Å². The molecule has 1 atom stereocenters. The third-order valence-electron chi connectivity index (χ3n) is 4.80. The van der Waals surface area contributed by atoms with Crippen molar-refractivity contribution in [2.45, 2.75) is 77.8 Å². The second-order valence-electron chi connectivity index (χ2n) is 7.01. The lowest BCUT2D eigenvalue weighted by Gasteiger charge is -2.42. The lowest BCUT2D eigenvalue weighted by Crippen LogP contribution is -2.60. The molecule has 0 aromatic rings. The zero-order valence-electron chi connectivity index (χ0n) is 16.5. The Morgan fingerprint density at radius 3 is 2.44 bits per heavy atom. The average molecular weight is 354 g/mol. The molecule has 1 saturated heterocycles. The van der Waals surface area contributed by atoms with Crippen LogP contribution in [0.25, 0.3) is 0 Å². The molecule has 5 heteroatoms. The van der Waals surface area contributed by atoms with Gasteiger partial charge >= 0.3 is 5.97 Å². The molecule has 1 heterocycles. The first kappa shape index (κ1) is 22.1. The van der Waals surface area contributed by atoms with Gasteiger partial charge in [-0.15, -0.1) is 0 Å². The third kappa shape index (κ3) is 9.97. The number of carbonyl (C=O) groups excluding carboxylic acids is 1. The van der Waals surface area contributed by atoms with E-state index in [2.05, 4.69) is 35.5 Å². The maximum atomic E-state index is 11.2. The minimum Gasteiger partial charge on any atom is -0.462 e. The van der Waals surface area contributed by atoms with E-state index in [1.54, 1.807) is 0 Å². The van der Waals surface area contributed by atoms with Gasteiger partial charge in [-0.05, 0) is 12.8 Å². The first-order valence-corrected chi connectivity index (χ1v) is 10.2. The number of esters is 1. The molecular formula is C20H39N3O2. The second kappa shape index (κ2) is 14.3. The number of nitrogens with zero attached hydrogens (tertiary/aromatic N) is 2. The van der Waals surface area contributed by atoms with Gasteiger partial charge in [0.05, 0.1) is 26.1 Å². The largest absolute Gasteiger partial charge is 0.462 e. The summed E-state index contributed by atoms with van der Waals surface area (Å²) in [5, 5.41) is 3.63. The van der Waals surface area contributed by atoms with E-state index in [4.69, 9.17) is 4.74 Å². The molecular weight excluding hydrogens is 314 g/mol. The maximum absolute atomic E-state index is 11.2. The van der Waals surface area contributed by atoms with Gasteiger partial charge in [0.1, 0.15) is 0 Å². The second-order valence-corrected chi connectivity index (χ2v) is 7.01. The van der Waals surface area contributed by atoms with E-state index in [1.165, 1.54) is 57.4 Å². The molecule has 1 N–H and O–H groups in total. The Morgan fingerprint density at radius 1 is 1.12 bits per heavy atom. The summed E-state index contributed by atoms with van der Waals surface area (Å²) < 4.78 is 5.17. The van der Waals surface area contributed by atoms with Crippen LogP contribution in [-0.2, 0) is 9.53 Å². The molecule has 0 bridgehead atoms. The first-order chi connectivity index (χ1) is 12.2.